The van der Waals surface area contributed by atoms with Crippen LogP contribution in [0, 0.1) is 5.82 Å². The molecule has 0 N–H and O–H groups in total. The molecule has 0 aliphatic carbocycles. The first kappa shape index (κ1) is 18.1. The lowest BCUT2D eigenvalue weighted by Crippen LogP contribution is -2.55. The first-order valence-corrected chi connectivity index (χ1v) is 9.43. The van der Waals surface area contributed by atoms with Gasteiger partial charge in [-0.1, -0.05) is 6.07 Å². The van der Waals surface area contributed by atoms with Crippen LogP contribution in [0.2, 0.25) is 0 Å². The van der Waals surface area contributed by atoms with Gasteiger partial charge in [0.2, 0.25) is 0 Å². The minimum absolute atomic E-state index is 0.0547. The molecule has 7 heteroatoms. The highest BCUT2D eigenvalue weighted by Gasteiger charge is 2.41. The van der Waals surface area contributed by atoms with E-state index in [4.69, 9.17) is 4.74 Å². The standard InChI is InChI=1S/C20H25FN4O2/c1-23-12-16(11-22-23)13-24-8-3-6-20(7-9-24)15-25(19(26)14-27-20)18-5-2-4-17(21)10-18/h2,4-5,10-12H,3,6-9,13-15H2,1H3. The maximum absolute atomic E-state index is 13.6. The van der Waals surface area contributed by atoms with E-state index in [2.05, 4.69) is 10.00 Å². The lowest BCUT2D eigenvalue weighted by molar-refractivity contribution is -0.140. The summed E-state index contributed by atoms with van der Waals surface area (Å²) in [5.41, 5.74) is 1.46. The van der Waals surface area contributed by atoms with Gasteiger partial charge in [-0.05, 0) is 44.0 Å². The third kappa shape index (κ3) is 4.04. The molecule has 3 heterocycles. The van der Waals surface area contributed by atoms with Crippen molar-refractivity contribution in [3.63, 3.8) is 0 Å². The SMILES string of the molecule is Cn1cc(CN2CCCC3(CC2)CN(c2cccc(F)c2)C(=O)CO3)cn1. The van der Waals surface area contributed by atoms with Gasteiger partial charge in [0.25, 0.3) is 5.91 Å². The molecule has 2 saturated heterocycles. The molecule has 1 spiro atoms. The number of aryl methyl sites for hydroxylation is 1. The zero-order chi connectivity index (χ0) is 18.9. The van der Waals surface area contributed by atoms with Crippen molar-refractivity contribution in [2.24, 2.45) is 7.05 Å². The van der Waals surface area contributed by atoms with Crippen molar-refractivity contribution in [1.82, 2.24) is 14.7 Å². The zero-order valence-electron chi connectivity index (χ0n) is 15.6. The molecule has 2 aliphatic heterocycles. The Bertz CT molecular complexity index is 824. The van der Waals surface area contributed by atoms with E-state index in [9.17, 15) is 9.18 Å². The van der Waals surface area contributed by atoms with E-state index in [0.29, 0.717) is 12.2 Å². The van der Waals surface area contributed by atoms with Gasteiger partial charge in [-0.15, -0.1) is 0 Å². The number of hydrogen-bond donors (Lipinski definition) is 0. The minimum Gasteiger partial charge on any atom is -0.363 e. The summed E-state index contributed by atoms with van der Waals surface area (Å²) in [6, 6.07) is 6.24. The molecule has 2 aliphatic rings. The molecule has 4 rings (SSSR count). The van der Waals surface area contributed by atoms with Crippen molar-refractivity contribution in [3.05, 3.63) is 48.0 Å². The highest BCUT2D eigenvalue weighted by molar-refractivity contribution is 5.95. The number of morpholine rings is 1. The fourth-order valence-electron chi connectivity index (χ4n) is 4.09. The first-order chi connectivity index (χ1) is 13.0. The molecule has 0 saturated carbocycles. The van der Waals surface area contributed by atoms with Crippen molar-refractivity contribution in [2.45, 2.75) is 31.4 Å². The normalized spacial score (nSPS) is 24.4. The maximum Gasteiger partial charge on any atom is 0.253 e. The van der Waals surface area contributed by atoms with Crippen LogP contribution in [0.3, 0.4) is 0 Å². The first-order valence-electron chi connectivity index (χ1n) is 9.43. The lowest BCUT2D eigenvalue weighted by Gasteiger charge is -2.42. The van der Waals surface area contributed by atoms with Crippen molar-refractivity contribution < 1.29 is 13.9 Å². The third-order valence-corrected chi connectivity index (χ3v) is 5.52. The molecule has 144 valence electrons. The Morgan fingerprint density at radius 3 is 2.96 bits per heavy atom. The van der Waals surface area contributed by atoms with Gasteiger partial charge in [0.05, 0.1) is 18.3 Å². The number of carbonyl (C=O) groups is 1. The topological polar surface area (TPSA) is 50.6 Å². The Morgan fingerprint density at radius 2 is 2.19 bits per heavy atom. The summed E-state index contributed by atoms with van der Waals surface area (Å²) in [5.74, 6) is -0.438. The molecular weight excluding hydrogens is 347 g/mol. The van der Waals surface area contributed by atoms with Crippen LogP contribution in [-0.4, -0.2) is 52.4 Å². The quantitative estimate of drug-likeness (QED) is 0.830. The van der Waals surface area contributed by atoms with Crippen LogP contribution in [0.5, 0.6) is 0 Å². The van der Waals surface area contributed by atoms with E-state index in [0.717, 1.165) is 38.9 Å². The number of anilines is 1. The van der Waals surface area contributed by atoms with Crippen LogP contribution >= 0.6 is 0 Å². The number of ether oxygens (including phenoxy) is 1. The molecule has 27 heavy (non-hydrogen) atoms. The van der Waals surface area contributed by atoms with Crippen LogP contribution in [-0.2, 0) is 23.1 Å². The molecule has 0 bridgehead atoms. The fraction of sp³-hybridized carbons (Fsp3) is 0.500. The minimum atomic E-state index is -0.357. The van der Waals surface area contributed by atoms with E-state index in [1.165, 1.54) is 17.7 Å². The van der Waals surface area contributed by atoms with Crippen LogP contribution < -0.4 is 4.90 Å². The van der Waals surface area contributed by atoms with Crippen molar-refractivity contribution in [2.75, 3.05) is 31.1 Å². The Balaban J connectivity index is 1.45. The molecular formula is C20H25FN4O2. The predicted molar refractivity (Wildman–Crippen MR) is 99.8 cm³/mol. The van der Waals surface area contributed by atoms with Crippen molar-refractivity contribution >= 4 is 11.6 Å². The van der Waals surface area contributed by atoms with Gasteiger partial charge in [0.1, 0.15) is 12.4 Å². The molecule has 2 aromatic rings. The summed E-state index contributed by atoms with van der Waals surface area (Å²) >= 11 is 0. The molecule has 6 nitrogen and oxygen atoms in total. The van der Waals surface area contributed by atoms with E-state index in [1.807, 2.05) is 24.1 Å². The van der Waals surface area contributed by atoms with Gasteiger partial charge in [-0.2, -0.15) is 5.10 Å². The lowest BCUT2D eigenvalue weighted by atomic mass is 9.92. The van der Waals surface area contributed by atoms with Crippen LogP contribution in [0.1, 0.15) is 24.8 Å². The summed E-state index contributed by atoms with van der Waals surface area (Å²) in [7, 11) is 1.93. The summed E-state index contributed by atoms with van der Waals surface area (Å²) in [6.07, 6.45) is 6.71. The van der Waals surface area contributed by atoms with Crippen molar-refractivity contribution in [3.8, 4) is 0 Å². The molecule has 1 amide bonds. The number of carbonyl (C=O) groups excluding carboxylic acids is 1. The second kappa shape index (κ2) is 7.40. The number of amides is 1. The van der Waals surface area contributed by atoms with Crippen molar-refractivity contribution in [1.29, 1.82) is 0 Å². The number of hydrogen-bond acceptors (Lipinski definition) is 4. The summed E-state index contributed by atoms with van der Waals surface area (Å²) in [5, 5.41) is 4.24. The van der Waals surface area contributed by atoms with Gasteiger partial charge >= 0.3 is 0 Å². The van der Waals surface area contributed by atoms with Gasteiger partial charge < -0.3 is 9.64 Å². The van der Waals surface area contributed by atoms with E-state index >= 15 is 0 Å². The van der Waals surface area contributed by atoms with Crippen LogP contribution in [0.25, 0.3) is 0 Å². The maximum atomic E-state index is 13.6. The predicted octanol–water partition coefficient (Wildman–Crippen LogP) is 2.35. The Kier molecular flexibility index (Phi) is 4.97. The van der Waals surface area contributed by atoms with Crippen LogP contribution in [0.4, 0.5) is 10.1 Å². The number of nitrogens with zero attached hydrogens (tertiary/aromatic N) is 4. The van der Waals surface area contributed by atoms with Gasteiger partial charge in [-0.25, -0.2) is 4.39 Å². The second-order valence-corrected chi connectivity index (χ2v) is 7.58. The van der Waals surface area contributed by atoms with E-state index in [1.54, 1.807) is 17.0 Å². The molecule has 0 radical (unpaired) electrons. The summed E-state index contributed by atoms with van der Waals surface area (Å²) < 4.78 is 21.5. The highest BCUT2D eigenvalue weighted by atomic mass is 19.1. The average Bonchev–Trinajstić information content (AvgIpc) is 2.96. The van der Waals surface area contributed by atoms with Gasteiger partial charge in [0, 0.05) is 37.6 Å². The number of halogens is 1. The Labute approximate surface area is 158 Å². The smallest absolute Gasteiger partial charge is 0.253 e. The third-order valence-electron chi connectivity index (χ3n) is 5.52. The molecule has 1 aromatic carbocycles. The molecule has 1 aromatic heterocycles. The summed E-state index contributed by atoms with van der Waals surface area (Å²) in [4.78, 5) is 16.5. The monoisotopic (exact) mass is 372 g/mol. The Morgan fingerprint density at radius 1 is 1.30 bits per heavy atom. The van der Waals surface area contributed by atoms with E-state index in [-0.39, 0.29) is 23.9 Å². The number of rotatable bonds is 3. The van der Waals surface area contributed by atoms with Gasteiger partial charge in [0.15, 0.2) is 0 Å². The number of aromatic nitrogens is 2. The second-order valence-electron chi connectivity index (χ2n) is 7.58. The van der Waals surface area contributed by atoms with Crippen LogP contribution in [0.15, 0.2) is 36.7 Å². The molecule has 2 fully saturated rings. The average molecular weight is 372 g/mol. The fourth-order valence-corrected chi connectivity index (χ4v) is 4.09. The van der Waals surface area contributed by atoms with E-state index < -0.39 is 0 Å². The number of benzene rings is 1. The zero-order valence-corrected chi connectivity index (χ0v) is 15.6. The molecule has 1 atom stereocenters. The highest BCUT2D eigenvalue weighted by Crippen LogP contribution is 2.33. The Hall–Kier alpha value is -2.25. The number of likely N-dealkylation sites (tertiary alicyclic amines) is 1. The summed E-state index contributed by atoms with van der Waals surface area (Å²) in [6.45, 7) is 3.31. The molecule has 1 unspecified atom stereocenters. The largest absolute Gasteiger partial charge is 0.363 e. The van der Waals surface area contributed by atoms with Gasteiger partial charge in [-0.3, -0.25) is 14.4 Å².